The summed E-state index contributed by atoms with van der Waals surface area (Å²) in [6, 6.07) is 10.3. The standard InChI is InChI=1S/C18H27N3/c1-16(2)6-5-9-20-10-12-21(13-11-20)15-18-8-4-3-7-17(18)14-19/h3-4,7-8,16H,5-6,9-13,15H2,1-2H3. The molecule has 0 unspecified atom stereocenters. The second-order valence-corrected chi connectivity index (χ2v) is 6.42. The van der Waals surface area contributed by atoms with Crippen LogP contribution in [-0.4, -0.2) is 42.5 Å². The monoisotopic (exact) mass is 285 g/mol. The Labute approximate surface area is 129 Å². The fourth-order valence-corrected chi connectivity index (χ4v) is 2.90. The molecule has 0 atom stereocenters. The van der Waals surface area contributed by atoms with Crippen molar-refractivity contribution in [3.8, 4) is 6.07 Å². The van der Waals surface area contributed by atoms with Crippen molar-refractivity contribution in [2.75, 3.05) is 32.7 Å². The molecule has 1 saturated heterocycles. The van der Waals surface area contributed by atoms with Gasteiger partial charge in [0, 0.05) is 32.7 Å². The zero-order valence-electron chi connectivity index (χ0n) is 13.4. The average Bonchev–Trinajstić information content (AvgIpc) is 2.49. The topological polar surface area (TPSA) is 30.3 Å². The maximum Gasteiger partial charge on any atom is 0.0995 e. The van der Waals surface area contributed by atoms with Crippen molar-refractivity contribution in [3.63, 3.8) is 0 Å². The van der Waals surface area contributed by atoms with Crippen LogP contribution in [0.5, 0.6) is 0 Å². The first-order valence-electron chi connectivity index (χ1n) is 8.11. The largest absolute Gasteiger partial charge is 0.301 e. The summed E-state index contributed by atoms with van der Waals surface area (Å²) < 4.78 is 0. The van der Waals surface area contributed by atoms with E-state index in [-0.39, 0.29) is 0 Å². The van der Waals surface area contributed by atoms with Gasteiger partial charge in [-0.15, -0.1) is 0 Å². The number of rotatable bonds is 6. The predicted molar refractivity (Wildman–Crippen MR) is 86.9 cm³/mol. The second kappa shape index (κ2) is 8.17. The Balaban J connectivity index is 1.75. The van der Waals surface area contributed by atoms with E-state index in [0.717, 1.165) is 49.8 Å². The van der Waals surface area contributed by atoms with Gasteiger partial charge in [0.1, 0.15) is 0 Å². The Morgan fingerprint density at radius 3 is 2.43 bits per heavy atom. The lowest BCUT2D eigenvalue weighted by Gasteiger charge is -2.35. The van der Waals surface area contributed by atoms with Gasteiger partial charge < -0.3 is 4.90 Å². The van der Waals surface area contributed by atoms with E-state index in [1.807, 2.05) is 18.2 Å². The lowest BCUT2D eigenvalue weighted by molar-refractivity contribution is 0.124. The van der Waals surface area contributed by atoms with Gasteiger partial charge in [-0.05, 0) is 36.9 Å². The molecule has 1 fully saturated rings. The summed E-state index contributed by atoms with van der Waals surface area (Å²) in [6.45, 7) is 11.3. The third-order valence-corrected chi connectivity index (χ3v) is 4.25. The molecule has 0 N–H and O–H groups in total. The minimum Gasteiger partial charge on any atom is -0.301 e. The SMILES string of the molecule is CC(C)CCCN1CCN(Cc2ccccc2C#N)CC1. The highest BCUT2D eigenvalue weighted by atomic mass is 15.3. The molecule has 3 heteroatoms. The molecule has 3 nitrogen and oxygen atoms in total. The quantitative estimate of drug-likeness (QED) is 0.804. The number of hydrogen-bond acceptors (Lipinski definition) is 3. The summed E-state index contributed by atoms with van der Waals surface area (Å²) in [4.78, 5) is 5.05. The zero-order valence-corrected chi connectivity index (χ0v) is 13.4. The third-order valence-electron chi connectivity index (χ3n) is 4.25. The van der Waals surface area contributed by atoms with Crippen LogP contribution in [-0.2, 0) is 6.54 Å². The van der Waals surface area contributed by atoms with Crippen molar-refractivity contribution in [1.29, 1.82) is 5.26 Å². The molecule has 0 spiro atoms. The van der Waals surface area contributed by atoms with Gasteiger partial charge in [0.25, 0.3) is 0 Å². The summed E-state index contributed by atoms with van der Waals surface area (Å²) in [7, 11) is 0. The molecule has 1 aliphatic rings. The van der Waals surface area contributed by atoms with Crippen LogP contribution in [0.2, 0.25) is 0 Å². The molecule has 114 valence electrons. The molecule has 0 saturated carbocycles. The van der Waals surface area contributed by atoms with E-state index in [2.05, 4.69) is 35.8 Å². The molecule has 0 aliphatic carbocycles. The normalized spacial score (nSPS) is 17.0. The lowest BCUT2D eigenvalue weighted by Crippen LogP contribution is -2.46. The number of nitriles is 1. The fraction of sp³-hybridized carbons (Fsp3) is 0.611. The summed E-state index contributed by atoms with van der Waals surface area (Å²) in [5.74, 6) is 0.814. The van der Waals surface area contributed by atoms with E-state index < -0.39 is 0 Å². The lowest BCUT2D eigenvalue weighted by atomic mass is 10.1. The Kier molecular flexibility index (Phi) is 6.22. The average molecular weight is 285 g/mol. The van der Waals surface area contributed by atoms with Gasteiger partial charge in [-0.2, -0.15) is 5.26 Å². The second-order valence-electron chi connectivity index (χ2n) is 6.42. The zero-order chi connectivity index (χ0) is 15.1. The van der Waals surface area contributed by atoms with E-state index >= 15 is 0 Å². The van der Waals surface area contributed by atoms with Crippen molar-refractivity contribution in [3.05, 3.63) is 35.4 Å². The maximum atomic E-state index is 9.16. The van der Waals surface area contributed by atoms with Gasteiger partial charge in [0.05, 0.1) is 11.6 Å². The molecule has 1 heterocycles. The molecule has 0 aromatic heterocycles. The van der Waals surface area contributed by atoms with Crippen molar-refractivity contribution >= 4 is 0 Å². The van der Waals surface area contributed by atoms with Gasteiger partial charge >= 0.3 is 0 Å². The molecule has 0 amide bonds. The first-order valence-corrected chi connectivity index (χ1v) is 8.11. The first-order chi connectivity index (χ1) is 10.2. The van der Waals surface area contributed by atoms with Crippen LogP contribution in [0, 0.1) is 17.2 Å². The van der Waals surface area contributed by atoms with Gasteiger partial charge in [0.2, 0.25) is 0 Å². The van der Waals surface area contributed by atoms with E-state index in [0.29, 0.717) is 0 Å². The molecule has 0 radical (unpaired) electrons. The van der Waals surface area contributed by atoms with Gasteiger partial charge in [0.15, 0.2) is 0 Å². The summed E-state index contributed by atoms with van der Waals surface area (Å²) >= 11 is 0. The van der Waals surface area contributed by atoms with Crippen LogP contribution in [0.15, 0.2) is 24.3 Å². The van der Waals surface area contributed by atoms with Crippen LogP contribution in [0.4, 0.5) is 0 Å². The summed E-state index contributed by atoms with van der Waals surface area (Å²) in [5, 5.41) is 9.16. The van der Waals surface area contributed by atoms with Crippen LogP contribution >= 0.6 is 0 Å². The molecule has 1 aromatic rings. The highest BCUT2D eigenvalue weighted by molar-refractivity contribution is 5.37. The summed E-state index contributed by atoms with van der Waals surface area (Å²) in [6.07, 6.45) is 2.64. The summed E-state index contributed by atoms with van der Waals surface area (Å²) in [5.41, 5.74) is 1.98. The van der Waals surface area contributed by atoms with Crippen molar-refractivity contribution in [1.82, 2.24) is 9.80 Å². The van der Waals surface area contributed by atoms with Crippen LogP contribution < -0.4 is 0 Å². The molecule has 0 bridgehead atoms. The van der Waals surface area contributed by atoms with Crippen molar-refractivity contribution in [2.24, 2.45) is 5.92 Å². The molecular weight excluding hydrogens is 258 g/mol. The van der Waals surface area contributed by atoms with E-state index in [9.17, 15) is 0 Å². The minimum absolute atomic E-state index is 0.814. The molecule has 2 rings (SSSR count). The van der Waals surface area contributed by atoms with Crippen LogP contribution in [0.25, 0.3) is 0 Å². The Morgan fingerprint density at radius 1 is 1.10 bits per heavy atom. The van der Waals surface area contributed by atoms with Crippen molar-refractivity contribution < 1.29 is 0 Å². The predicted octanol–water partition coefficient (Wildman–Crippen LogP) is 3.11. The Hall–Kier alpha value is -1.37. The van der Waals surface area contributed by atoms with E-state index in [1.165, 1.54) is 19.4 Å². The molecule has 1 aromatic carbocycles. The van der Waals surface area contributed by atoms with Gasteiger partial charge in [-0.25, -0.2) is 0 Å². The molecule has 21 heavy (non-hydrogen) atoms. The Morgan fingerprint density at radius 2 is 1.76 bits per heavy atom. The van der Waals surface area contributed by atoms with Gasteiger partial charge in [-0.1, -0.05) is 32.0 Å². The highest BCUT2D eigenvalue weighted by Crippen LogP contribution is 2.13. The van der Waals surface area contributed by atoms with Crippen LogP contribution in [0.3, 0.4) is 0 Å². The molecule has 1 aliphatic heterocycles. The van der Waals surface area contributed by atoms with E-state index in [4.69, 9.17) is 5.26 Å². The number of benzene rings is 1. The maximum absolute atomic E-state index is 9.16. The van der Waals surface area contributed by atoms with Crippen LogP contribution in [0.1, 0.15) is 37.8 Å². The smallest absolute Gasteiger partial charge is 0.0995 e. The minimum atomic E-state index is 0.814. The van der Waals surface area contributed by atoms with Crippen molar-refractivity contribution in [2.45, 2.75) is 33.2 Å². The number of piperazine rings is 1. The fourth-order valence-electron chi connectivity index (χ4n) is 2.90. The number of nitrogens with zero attached hydrogens (tertiary/aromatic N) is 3. The highest BCUT2D eigenvalue weighted by Gasteiger charge is 2.17. The van der Waals surface area contributed by atoms with Gasteiger partial charge in [-0.3, -0.25) is 4.90 Å². The van der Waals surface area contributed by atoms with E-state index in [1.54, 1.807) is 0 Å². The third kappa shape index (κ3) is 5.15. The Bertz CT molecular complexity index is 468. The first kappa shape index (κ1) is 16.0. The molecular formula is C18H27N3. The number of hydrogen-bond donors (Lipinski definition) is 0.